The van der Waals surface area contributed by atoms with Crippen molar-refractivity contribution in [3.63, 3.8) is 0 Å². The molecule has 1 fully saturated rings. The van der Waals surface area contributed by atoms with Gasteiger partial charge in [-0.1, -0.05) is 37.3 Å². The molecule has 1 aliphatic rings. The van der Waals surface area contributed by atoms with E-state index in [1.807, 2.05) is 6.07 Å². The lowest BCUT2D eigenvalue weighted by atomic mass is 9.98. The fraction of sp³-hybridized carbons (Fsp3) is 0.500. The molecule has 0 radical (unpaired) electrons. The number of hydrogen-bond donors (Lipinski definition) is 2. The lowest BCUT2D eigenvalue weighted by Gasteiger charge is -2.12. The highest BCUT2D eigenvalue weighted by Crippen LogP contribution is 2.19. The minimum Gasteiger partial charge on any atom is -0.338 e. The highest BCUT2D eigenvalue weighted by atomic mass is 16.2. The van der Waals surface area contributed by atoms with Gasteiger partial charge in [0.15, 0.2) is 0 Å². The number of nitrogens with one attached hydrogen (secondary N) is 2. The van der Waals surface area contributed by atoms with Crippen molar-refractivity contribution in [2.24, 2.45) is 0 Å². The van der Waals surface area contributed by atoms with Crippen LogP contribution in [0.5, 0.6) is 0 Å². The van der Waals surface area contributed by atoms with E-state index in [-0.39, 0.29) is 6.03 Å². The van der Waals surface area contributed by atoms with Crippen LogP contribution in [0.1, 0.15) is 37.7 Å². The molecule has 1 atom stereocenters. The van der Waals surface area contributed by atoms with Gasteiger partial charge >= 0.3 is 6.03 Å². The highest BCUT2D eigenvalue weighted by molar-refractivity contribution is 5.74. The molecule has 1 aromatic carbocycles. The number of carbonyl (C=O) groups excluding carboxylic acids is 1. The Balaban J connectivity index is 1.65. The van der Waals surface area contributed by atoms with Crippen molar-refractivity contribution in [2.75, 3.05) is 6.54 Å². The quantitative estimate of drug-likeness (QED) is 0.805. The van der Waals surface area contributed by atoms with Crippen molar-refractivity contribution in [1.82, 2.24) is 10.6 Å². The standard InChI is InChI=1S/C14H20N2O/c1-11(12-5-3-2-4-6-12)9-10-15-14(17)16-13-7-8-13/h2-6,11,13H,7-10H2,1H3,(H2,15,16,17). The molecule has 0 saturated heterocycles. The number of carbonyl (C=O) groups is 1. The van der Waals surface area contributed by atoms with Gasteiger partial charge in [-0.15, -0.1) is 0 Å². The summed E-state index contributed by atoms with van der Waals surface area (Å²) in [6.07, 6.45) is 3.24. The molecule has 1 aliphatic carbocycles. The molecule has 0 spiro atoms. The second kappa shape index (κ2) is 5.71. The maximum absolute atomic E-state index is 11.4. The molecule has 92 valence electrons. The number of rotatable bonds is 5. The third-order valence-electron chi connectivity index (χ3n) is 3.14. The Bertz CT molecular complexity index is 360. The minimum absolute atomic E-state index is 0.0206. The van der Waals surface area contributed by atoms with Crippen LogP contribution < -0.4 is 10.6 Å². The molecule has 17 heavy (non-hydrogen) atoms. The maximum atomic E-state index is 11.4. The highest BCUT2D eigenvalue weighted by Gasteiger charge is 2.22. The first-order valence-corrected chi connectivity index (χ1v) is 6.35. The molecule has 2 N–H and O–H groups in total. The van der Waals surface area contributed by atoms with E-state index < -0.39 is 0 Å². The zero-order chi connectivity index (χ0) is 12.1. The van der Waals surface area contributed by atoms with Crippen molar-refractivity contribution in [1.29, 1.82) is 0 Å². The first kappa shape index (κ1) is 12.0. The van der Waals surface area contributed by atoms with Crippen LogP contribution in [0.15, 0.2) is 30.3 Å². The van der Waals surface area contributed by atoms with Gasteiger partial charge in [-0.2, -0.15) is 0 Å². The van der Waals surface area contributed by atoms with Crippen molar-refractivity contribution in [3.05, 3.63) is 35.9 Å². The van der Waals surface area contributed by atoms with Crippen molar-refractivity contribution in [2.45, 2.75) is 38.1 Å². The Morgan fingerprint density at radius 1 is 1.35 bits per heavy atom. The molecule has 1 unspecified atom stereocenters. The Morgan fingerprint density at radius 2 is 2.06 bits per heavy atom. The van der Waals surface area contributed by atoms with Crippen LogP contribution in [0, 0.1) is 0 Å². The molecule has 0 aliphatic heterocycles. The number of amides is 2. The number of hydrogen-bond acceptors (Lipinski definition) is 1. The Morgan fingerprint density at radius 3 is 2.71 bits per heavy atom. The van der Waals surface area contributed by atoms with Gasteiger partial charge in [0.25, 0.3) is 0 Å². The predicted octanol–water partition coefficient (Wildman–Crippen LogP) is 2.64. The van der Waals surface area contributed by atoms with Crippen molar-refractivity contribution >= 4 is 6.03 Å². The normalized spacial score (nSPS) is 16.3. The smallest absolute Gasteiger partial charge is 0.315 e. The number of benzene rings is 1. The van der Waals surface area contributed by atoms with Crippen LogP contribution in [0.25, 0.3) is 0 Å². The van der Waals surface area contributed by atoms with E-state index in [2.05, 4.69) is 41.8 Å². The summed E-state index contributed by atoms with van der Waals surface area (Å²) in [6.45, 7) is 2.92. The Kier molecular flexibility index (Phi) is 4.02. The molecule has 1 aromatic rings. The first-order valence-electron chi connectivity index (χ1n) is 6.35. The molecular weight excluding hydrogens is 212 g/mol. The summed E-state index contributed by atoms with van der Waals surface area (Å²) in [4.78, 5) is 11.4. The summed E-state index contributed by atoms with van der Waals surface area (Å²) in [5.41, 5.74) is 1.33. The molecule has 0 heterocycles. The molecule has 2 rings (SSSR count). The summed E-state index contributed by atoms with van der Waals surface area (Å²) in [5.74, 6) is 0.484. The van der Waals surface area contributed by atoms with E-state index in [4.69, 9.17) is 0 Å². The van der Waals surface area contributed by atoms with Crippen LogP contribution >= 0.6 is 0 Å². The van der Waals surface area contributed by atoms with E-state index in [0.29, 0.717) is 12.0 Å². The zero-order valence-electron chi connectivity index (χ0n) is 10.3. The summed E-state index contributed by atoms with van der Waals surface area (Å²) >= 11 is 0. The third-order valence-corrected chi connectivity index (χ3v) is 3.14. The zero-order valence-corrected chi connectivity index (χ0v) is 10.3. The topological polar surface area (TPSA) is 41.1 Å². The van der Waals surface area contributed by atoms with Gasteiger partial charge in [-0.05, 0) is 30.7 Å². The Hall–Kier alpha value is -1.51. The summed E-state index contributed by atoms with van der Waals surface area (Å²) in [6, 6.07) is 10.8. The van der Waals surface area contributed by atoms with Crippen LogP contribution in [0.4, 0.5) is 4.79 Å². The van der Waals surface area contributed by atoms with Crippen molar-refractivity contribution < 1.29 is 4.79 Å². The molecule has 1 saturated carbocycles. The fourth-order valence-electron chi connectivity index (χ4n) is 1.81. The van der Waals surface area contributed by atoms with Crippen LogP contribution in [0.3, 0.4) is 0 Å². The van der Waals surface area contributed by atoms with E-state index in [9.17, 15) is 4.79 Å². The number of urea groups is 1. The summed E-state index contributed by atoms with van der Waals surface area (Å²) in [7, 11) is 0. The SMILES string of the molecule is CC(CCNC(=O)NC1CC1)c1ccccc1. The second-order valence-corrected chi connectivity index (χ2v) is 4.77. The predicted molar refractivity (Wildman–Crippen MR) is 69.0 cm³/mol. The molecule has 0 bridgehead atoms. The Labute approximate surface area is 103 Å². The van der Waals surface area contributed by atoms with E-state index >= 15 is 0 Å². The van der Waals surface area contributed by atoms with Gasteiger partial charge in [-0.25, -0.2) is 4.79 Å². The van der Waals surface area contributed by atoms with Gasteiger partial charge in [0, 0.05) is 12.6 Å². The molecule has 2 amide bonds. The lowest BCUT2D eigenvalue weighted by Crippen LogP contribution is -2.37. The molecule has 3 heteroatoms. The van der Waals surface area contributed by atoms with E-state index in [1.165, 1.54) is 5.56 Å². The maximum Gasteiger partial charge on any atom is 0.315 e. The summed E-state index contributed by atoms with van der Waals surface area (Å²) < 4.78 is 0. The third kappa shape index (κ3) is 4.10. The van der Waals surface area contributed by atoms with Crippen LogP contribution in [-0.4, -0.2) is 18.6 Å². The van der Waals surface area contributed by atoms with Gasteiger partial charge in [0.2, 0.25) is 0 Å². The molecule has 0 aromatic heterocycles. The van der Waals surface area contributed by atoms with Crippen LogP contribution in [0.2, 0.25) is 0 Å². The van der Waals surface area contributed by atoms with Crippen molar-refractivity contribution in [3.8, 4) is 0 Å². The van der Waals surface area contributed by atoms with E-state index in [0.717, 1.165) is 25.8 Å². The fourth-order valence-corrected chi connectivity index (χ4v) is 1.81. The van der Waals surface area contributed by atoms with Gasteiger partial charge in [-0.3, -0.25) is 0 Å². The minimum atomic E-state index is -0.0206. The average molecular weight is 232 g/mol. The monoisotopic (exact) mass is 232 g/mol. The van der Waals surface area contributed by atoms with Crippen LogP contribution in [-0.2, 0) is 0 Å². The van der Waals surface area contributed by atoms with Gasteiger partial charge in [0.1, 0.15) is 0 Å². The average Bonchev–Trinajstić information content (AvgIpc) is 3.14. The largest absolute Gasteiger partial charge is 0.338 e. The van der Waals surface area contributed by atoms with Gasteiger partial charge < -0.3 is 10.6 Å². The lowest BCUT2D eigenvalue weighted by molar-refractivity contribution is 0.240. The first-order chi connectivity index (χ1) is 8.25. The second-order valence-electron chi connectivity index (χ2n) is 4.77. The van der Waals surface area contributed by atoms with E-state index in [1.54, 1.807) is 0 Å². The summed E-state index contributed by atoms with van der Waals surface area (Å²) in [5, 5.41) is 5.82. The molecular formula is C14H20N2O. The van der Waals surface area contributed by atoms with Gasteiger partial charge in [0.05, 0.1) is 0 Å². The molecule has 3 nitrogen and oxygen atoms in total.